The van der Waals surface area contributed by atoms with Crippen LogP contribution in [0.4, 0.5) is 5.69 Å². The fraction of sp³-hybridized carbons (Fsp3) is 0.529. The van der Waals surface area contributed by atoms with Crippen LogP contribution in [0.25, 0.3) is 0 Å². The number of nitrogens with one attached hydrogen (secondary N) is 1. The second kappa shape index (κ2) is 7.13. The monoisotopic (exact) mass is 366 g/mol. The van der Waals surface area contributed by atoms with E-state index in [1.807, 2.05) is 0 Å². The molecule has 2 aliphatic rings. The van der Waals surface area contributed by atoms with Gasteiger partial charge in [0.2, 0.25) is 11.8 Å². The van der Waals surface area contributed by atoms with Gasteiger partial charge in [-0.3, -0.25) is 9.59 Å². The Morgan fingerprint density at radius 1 is 1.36 bits per heavy atom. The number of hydrogen-bond donors (Lipinski definition) is 1. The number of carbonyl (C=O) groups is 2. The van der Waals surface area contributed by atoms with Gasteiger partial charge in [-0.15, -0.1) is 0 Å². The lowest BCUT2D eigenvalue weighted by Gasteiger charge is -2.22. The average Bonchev–Trinajstić information content (AvgIpc) is 3.09. The maximum Gasteiger partial charge on any atom is 0.240 e. The third kappa shape index (κ3) is 3.69. The minimum absolute atomic E-state index is 0.0106. The molecule has 0 spiro atoms. The first-order valence-electron chi connectivity index (χ1n) is 8.41. The number of nitrogens with zero attached hydrogens (tertiary/aromatic N) is 1. The van der Waals surface area contributed by atoms with Crippen molar-refractivity contribution >= 4 is 27.3 Å². The molecule has 0 bridgehead atoms. The number of ether oxygens (including phenoxy) is 1. The summed E-state index contributed by atoms with van der Waals surface area (Å²) in [7, 11) is -3.60. The Labute approximate surface area is 147 Å². The molecule has 1 N–H and O–H groups in total. The van der Waals surface area contributed by atoms with Gasteiger partial charge in [-0.2, -0.15) is 0 Å². The number of fused-ring (bicyclic) bond motifs is 1. The van der Waals surface area contributed by atoms with Gasteiger partial charge in [0.1, 0.15) is 6.54 Å². The number of amides is 2. The number of carbonyl (C=O) groups excluding carboxylic acids is 2. The van der Waals surface area contributed by atoms with Gasteiger partial charge < -0.3 is 15.0 Å². The number of hydrogen-bond acceptors (Lipinski definition) is 5. The van der Waals surface area contributed by atoms with Crippen LogP contribution in [0.1, 0.15) is 26.2 Å². The Balaban J connectivity index is 1.79. The molecule has 1 fully saturated rings. The SMILES string of the molecule is CC1CC(=O)N(CC(=O)NCC2CCCO2)c2ccccc2S1(=O)=O. The lowest BCUT2D eigenvalue weighted by atomic mass is 10.2. The van der Waals surface area contributed by atoms with Crippen molar-refractivity contribution in [3.05, 3.63) is 24.3 Å². The summed E-state index contributed by atoms with van der Waals surface area (Å²) in [5, 5.41) is 1.95. The summed E-state index contributed by atoms with van der Waals surface area (Å²) in [6, 6.07) is 6.33. The normalized spacial score (nSPS) is 25.3. The molecule has 1 aromatic carbocycles. The molecule has 2 heterocycles. The molecule has 2 atom stereocenters. The molecule has 0 radical (unpaired) electrons. The molecule has 8 heteroatoms. The standard InChI is InChI=1S/C17H22N2O5S/c1-12-9-17(21)19(11-16(20)18-10-13-5-4-8-24-13)14-6-2-3-7-15(14)25(12,22)23/h2-3,6-7,12-13H,4-5,8-11H2,1H3,(H,18,20). The first-order valence-corrected chi connectivity index (χ1v) is 9.96. The van der Waals surface area contributed by atoms with Crippen LogP contribution in [0.3, 0.4) is 0 Å². The number of para-hydroxylation sites is 1. The van der Waals surface area contributed by atoms with Gasteiger partial charge in [0.25, 0.3) is 0 Å². The summed E-state index contributed by atoms with van der Waals surface area (Å²) in [5.74, 6) is -0.695. The highest BCUT2D eigenvalue weighted by molar-refractivity contribution is 7.92. The van der Waals surface area contributed by atoms with E-state index < -0.39 is 15.1 Å². The second-order valence-electron chi connectivity index (χ2n) is 6.45. The topological polar surface area (TPSA) is 92.8 Å². The smallest absolute Gasteiger partial charge is 0.240 e. The molecule has 25 heavy (non-hydrogen) atoms. The number of anilines is 1. The Kier molecular flexibility index (Phi) is 5.10. The molecular weight excluding hydrogens is 344 g/mol. The van der Waals surface area contributed by atoms with E-state index in [4.69, 9.17) is 4.74 Å². The zero-order chi connectivity index (χ0) is 18.0. The van der Waals surface area contributed by atoms with Crippen molar-refractivity contribution in [2.45, 2.75) is 42.4 Å². The number of benzene rings is 1. The average molecular weight is 366 g/mol. The van der Waals surface area contributed by atoms with E-state index in [0.29, 0.717) is 13.2 Å². The van der Waals surface area contributed by atoms with Gasteiger partial charge >= 0.3 is 0 Å². The third-order valence-electron chi connectivity index (χ3n) is 4.61. The predicted octanol–water partition coefficient (Wildman–Crippen LogP) is 0.881. The minimum atomic E-state index is -3.60. The van der Waals surface area contributed by atoms with Gasteiger partial charge in [-0.1, -0.05) is 12.1 Å². The van der Waals surface area contributed by atoms with E-state index in [0.717, 1.165) is 12.8 Å². The van der Waals surface area contributed by atoms with E-state index in [1.165, 1.54) is 17.9 Å². The fourth-order valence-corrected chi connectivity index (χ4v) is 4.68. The number of rotatable bonds is 4. The van der Waals surface area contributed by atoms with Crippen LogP contribution in [-0.2, 0) is 24.2 Å². The van der Waals surface area contributed by atoms with Crippen molar-refractivity contribution in [2.24, 2.45) is 0 Å². The van der Waals surface area contributed by atoms with Crippen LogP contribution in [0.2, 0.25) is 0 Å². The van der Waals surface area contributed by atoms with Gasteiger partial charge in [-0.05, 0) is 31.9 Å². The molecule has 0 aromatic heterocycles. The Hall–Kier alpha value is -1.93. The van der Waals surface area contributed by atoms with Crippen molar-refractivity contribution in [1.29, 1.82) is 0 Å². The lowest BCUT2D eigenvalue weighted by Crippen LogP contribution is -2.43. The van der Waals surface area contributed by atoms with Gasteiger partial charge in [0.15, 0.2) is 9.84 Å². The predicted molar refractivity (Wildman–Crippen MR) is 92.0 cm³/mol. The molecule has 1 aromatic rings. The summed E-state index contributed by atoms with van der Waals surface area (Å²) in [6.07, 6.45) is 1.75. The quantitative estimate of drug-likeness (QED) is 0.854. The van der Waals surface area contributed by atoms with E-state index in [9.17, 15) is 18.0 Å². The molecule has 2 aliphatic heterocycles. The highest BCUT2D eigenvalue weighted by Gasteiger charge is 2.36. The zero-order valence-electron chi connectivity index (χ0n) is 14.1. The largest absolute Gasteiger partial charge is 0.376 e. The Bertz CT molecular complexity index is 771. The van der Waals surface area contributed by atoms with E-state index in [1.54, 1.807) is 18.2 Å². The highest BCUT2D eigenvalue weighted by atomic mass is 32.2. The van der Waals surface area contributed by atoms with Crippen molar-refractivity contribution in [1.82, 2.24) is 5.32 Å². The molecule has 0 aliphatic carbocycles. The van der Waals surface area contributed by atoms with Crippen LogP contribution in [-0.4, -0.2) is 51.3 Å². The van der Waals surface area contributed by atoms with Crippen molar-refractivity contribution < 1.29 is 22.7 Å². The van der Waals surface area contributed by atoms with E-state index >= 15 is 0 Å². The summed E-state index contributed by atoms with van der Waals surface area (Å²) < 4.78 is 30.7. The lowest BCUT2D eigenvalue weighted by molar-refractivity contribution is -0.124. The first-order chi connectivity index (χ1) is 11.9. The Morgan fingerprint density at radius 2 is 2.12 bits per heavy atom. The van der Waals surface area contributed by atoms with Crippen LogP contribution >= 0.6 is 0 Å². The van der Waals surface area contributed by atoms with Crippen LogP contribution < -0.4 is 10.2 Å². The van der Waals surface area contributed by atoms with Crippen molar-refractivity contribution in [2.75, 3.05) is 24.6 Å². The Morgan fingerprint density at radius 3 is 2.84 bits per heavy atom. The molecule has 0 saturated carbocycles. The first kappa shape index (κ1) is 17.9. The van der Waals surface area contributed by atoms with Gasteiger partial charge in [0, 0.05) is 19.6 Å². The molecule has 136 valence electrons. The molecule has 3 rings (SSSR count). The van der Waals surface area contributed by atoms with Crippen molar-refractivity contribution in [3.63, 3.8) is 0 Å². The minimum Gasteiger partial charge on any atom is -0.376 e. The van der Waals surface area contributed by atoms with Crippen LogP contribution in [0.5, 0.6) is 0 Å². The van der Waals surface area contributed by atoms with Crippen molar-refractivity contribution in [3.8, 4) is 0 Å². The van der Waals surface area contributed by atoms with Gasteiger partial charge in [0.05, 0.1) is 21.9 Å². The fourth-order valence-electron chi connectivity index (χ4n) is 3.14. The molecular formula is C17H22N2O5S. The molecule has 2 amide bonds. The molecule has 7 nitrogen and oxygen atoms in total. The van der Waals surface area contributed by atoms with E-state index in [2.05, 4.69) is 5.32 Å². The summed E-state index contributed by atoms with van der Waals surface area (Å²) in [5.41, 5.74) is 0.268. The molecule has 2 unspecified atom stereocenters. The highest BCUT2D eigenvalue weighted by Crippen LogP contribution is 2.33. The second-order valence-corrected chi connectivity index (χ2v) is 8.78. The van der Waals surface area contributed by atoms with Crippen LogP contribution in [0, 0.1) is 0 Å². The maximum absolute atomic E-state index is 12.6. The summed E-state index contributed by atoms with van der Waals surface area (Å²) >= 11 is 0. The van der Waals surface area contributed by atoms with Gasteiger partial charge in [-0.25, -0.2) is 8.42 Å². The third-order valence-corrected chi connectivity index (χ3v) is 6.79. The summed E-state index contributed by atoms with van der Waals surface area (Å²) in [4.78, 5) is 26.2. The summed E-state index contributed by atoms with van der Waals surface area (Å²) in [6.45, 7) is 2.42. The molecule has 1 saturated heterocycles. The van der Waals surface area contributed by atoms with Crippen LogP contribution in [0.15, 0.2) is 29.2 Å². The van der Waals surface area contributed by atoms with E-state index in [-0.39, 0.29) is 41.5 Å². The zero-order valence-corrected chi connectivity index (χ0v) is 14.9. The number of sulfone groups is 1. The maximum atomic E-state index is 12.6.